The van der Waals surface area contributed by atoms with Gasteiger partial charge in [0.2, 0.25) is 0 Å². The van der Waals surface area contributed by atoms with E-state index in [1.165, 1.54) is 12.1 Å². The summed E-state index contributed by atoms with van der Waals surface area (Å²) in [4.78, 5) is 20.2. The van der Waals surface area contributed by atoms with Crippen LogP contribution in [0, 0.1) is 13.8 Å². The molecule has 6 nitrogen and oxygen atoms in total. The molecule has 1 amide bonds. The summed E-state index contributed by atoms with van der Waals surface area (Å²) in [6.07, 6.45) is -1.64. The van der Waals surface area contributed by atoms with Crippen molar-refractivity contribution in [1.29, 1.82) is 0 Å². The van der Waals surface area contributed by atoms with Crippen LogP contribution in [0.1, 0.15) is 78.9 Å². The summed E-state index contributed by atoms with van der Waals surface area (Å²) in [5, 5.41) is 4.41. The van der Waals surface area contributed by atoms with Crippen molar-refractivity contribution >= 4 is 5.91 Å². The molecule has 0 aliphatic carbocycles. The highest BCUT2D eigenvalue weighted by Crippen LogP contribution is 2.36. The molecule has 2 aromatic rings. The van der Waals surface area contributed by atoms with Gasteiger partial charge < -0.3 is 4.90 Å². The van der Waals surface area contributed by atoms with Gasteiger partial charge in [0.15, 0.2) is 0 Å². The number of rotatable bonds is 5. The number of piperidine rings is 1. The number of alkyl halides is 3. The van der Waals surface area contributed by atoms with Crippen LogP contribution in [0.2, 0.25) is 0 Å². The molecule has 204 valence electrons. The zero-order valence-corrected chi connectivity index (χ0v) is 22.9. The Morgan fingerprint density at radius 1 is 1.11 bits per heavy atom. The van der Waals surface area contributed by atoms with Crippen LogP contribution in [0.25, 0.3) is 0 Å². The van der Waals surface area contributed by atoms with Gasteiger partial charge in [-0.25, -0.2) is 0 Å². The number of carbonyl (C=O) groups is 1. The van der Waals surface area contributed by atoms with E-state index >= 15 is 0 Å². The minimum Gasteiger partial charge on any atom is -0.338 e. The maximum atomic E-state index is 13.2. The van der Waals surface area contributed by atoms with E-state index in [4.69, 9.17) is 0 Å². The van der Waals surface area contributed by atoms with Crippen LogP contribution < -0.4 is 0 Å². The number of hydrogen-bond donors (Lipinski definition) is 0. The number of nitrogens with zero attached hydrogens (tertiary/aromatic N) is 5. The van der Waals surface area contributed by atoms with Gasteiger partial charge in [-0.15, -0.1) is 0 Å². The number of piperazine rings is 1. The molecule has 2 atom stereocenters. The minimum atomic E-state index is -4.32. The first-order valence-electron chi connectivity index (χ1n) is 13.3. The summed E-state index contributed by atoms with van der Waals surface area (Å²) >= 11 is 0. The van der Waals surface area contributed by atoms with E-state index < -0.39 is 11.7 Å². The molecule has 2 aliphatic rings. The fraction of sp³-hybridized carbons (Fsp3) is 0.643. The first-order valence-corrected chi connectivity index (χ1v) is 13.3. The molecule has 0 saturated carbocycles. The standard InChI is InChI=1S/C28H40F3N5O/c1-7-24(22-8-10-23(11-9-22)28(29,30)31)36-17-16-35(18-19(36)2)27(5)12-14-34(15-13-27)26(37)25-20(3)32-33(6)21(25)4/h8-11,19,24H,7,12-18H2,1-6H3/t19-,24-/m0/s1. The van der Waals surface area contributed by atoms with E-state index in [1.54, 1.807) is 16.8 Å². The number of aromatic nitrogens is 2. The molecule has 0 bridgehead atoms. The summed E-state index contributed by atoms with van der Waals surface area (Å²) in [7, 11) is 1.87. The second-order valence-corrected chi connectivity index (χ2v) is 11.0. The van der Waals surface area contributed by atoms with Gasteiger partial charge >= 0.3 is 6.18 Å². The number of carbonyl (C=O) groups excluding carboxylic acids is 1. The Morgan fingerprint density at radius 2 is 1.73 bits per heavy atom. The number of aryl methyl sites for hydroxylation is 2. The van der Waals surface area contributed by atoms with Crippen LogP contribution in [-0.4, -0.2) is 74.7 Å². The summed E-state index contributed by atoms with van der Waals surface area (Å²) < 4.78 is 40.8. The van der Waals surface area contributed by atoms with Gasteiger partial charge in [-0.2, -0.15) is 18.3 Å². The Hall–Kier alpha value is -2.39. The zero-order chi connectivity index (χ0) is 27.1. The lowest BCUT2D eigenvalue weighted by molar-refractivity contribution is -0.137. The molecule has 0 N–H and O–H groups in total. The largest absolute Gasteiger partial charge is 0.416 e. The van der Waals surface area contributed by atoms with Crippen molar-refractivity contribution in [2.45, 2.75) is 77.7 Å². The van der Waals surface area contributed by atoms with Gasteiger partial charge in [0.05, 0.1) is 16.8 Å². The Bertz CT molecular complexity index is 1100. The third-order valence-electron chi connectivity index (χ3n) is 8.70. The van der Waals surface area contributed by atoms with E-state index in [1.807, 2.05) is 25.8 Å². The molecule has 3 heterocycles. The molecular weight excluding hydrogens is 479 g/mol. The van der Waals surface area contributed by atoms with Crippen molar-refractivity contribution in [1.82, 2.24) is 24.5 Å². The Morgan fingerprint density at radius 3 is 2.22 bits per heavy atom. The van der Waals surface area contributed by atoms with Crippen LogP contribution in [0.5, 0.6) is 0 Å². The van der Waals surface area contributed by atoms with E-state index in [2.05, 4.69) is 35.7 Å². The highest BCUT2D eigenvalue weighted by Gasteiger charge is 2.41. The molecule has 2 aliphatic heterocycles. The smallest absolute Gasteiger partial charge is 0.338 e. The quantitative estimate of drug-likeness (QED) is 0.544. The van der Waals surface area contributed by atoms with E-state index in [9.17, 15) is 18.0 Å². The minimum absolute atomic E-state index is 0.0201. The fourth-order valence-electron chi connectivity index (χ4n) is 6.23. The van der Waals surface area contributed by atoms with Gasteiger partial charge in [0.25, 0.3) is 5.91 Å². The SMILES string of the molecule is CC[C@@H](c1ccc(C(F)(F)F)cc1)N1CCN(C2(C)CCN(C(=O)c3c(C)nn(C)c3C)CC2)C[C@@H]1C. The molecule has 0 radical (unpaired) electrons. The van der Waals surface area contributed by atoms with Gasteiger partial charge in [-0.3, -0.25) is 19.3 Å². The predicted octanol–water partition coefficient (Wildman–Crippen LogP) is 5.21. The second-order valence-electron chi connectivity index (χ2n) is 11.0. The average molecular weight is 520 g/mol. The van der Waals surface area contributed by atoms with Gasteiger partial charge in [-0.05, 0) is 64.7 Å². The lowest BCUT2D eigenvalue weighted by Crippen LogP contribution is -2.62. The fourth-order valence-corrected chi connectivity index (χ4v) is 6.23. The third kappa shape index (κ3) is 5.43. The van der Waals surface area contributed by atoms with Gasteiger partial charge in [0, 0.05) is 63.1 Å². The van der Waals surface area contributed by atoms with Crippen molar-refractivity contribution in [3.63, 3.8) is 0 Å². The third-order valence-corrected chi connectivity index (χ3v) is 8.70. The topological polar surface area (TPSA) is 44.6 Å². The van der Waals surface area contributed by atoms with E-state index in [-0.39, 0.29) is 23.5 Å². The summed E-state index contributed by atoms with van der Waals surface area (Å²) in [5.74, 6) is 0.0747. The van der Waals surface area contributed by atoms with Gasteiger partial charge in [0.1, 0.15) is 0 Å². The molecule has 4 rings (SSSR count). The monoisotopic (exact) mass is 519 g/mol. The molecular formula is C28H40F3N5O. The molecule has 0 unspecified atom stereocenters. The van der Waals surface area contributed by atoms with Crippen LogP contribution in [0.3, 0.4) is 0 Å². The van der Waals surface area contributed by atoms with Crippen molar-refractivity contribution in [2.24, 2.45) is 7.05 Å². The first kappa shape index (κ1) is 27.6. The normalized spacial score (nSPS) is 22.3. The number of benzene rings is 1. The average Bonchev–Trinajstić information content (AvgIpc) is 3.11. The molecule has 9 heteroatoms. The molecule has 37 heavy (non-hydrogen) atoms. The molecule has 2 saturated heterocycles. The number of likely N-dealkylation sites (tertiary alicyclic amines) is 1. The Kier molecular flexibility index (Phi) is 7.77. The van der Waals surface area contributed by atoms with Crippen LogP contribution >= 0.6 is 0 Å². The molecule has 2 fully saturated rings. The Balaban J connectivity index is 1.38. The molecule has 0 spiro atoms. The van der Waals surface area contributed by atoms with Crippen LogP contribution in [0.4, 0.5) is 13.2 Å². The lowest BCUT2D eigenvalue weighted by Gasteiger charge is -2.52. The summed E-state index contributed by atoms with van der Waals surface area (Å²) in [6.45, 7) is 14.6. The highest BCUT2D eigenvalue weighted by molar-refractivity contribution is 5.96. The van der Waals surface area contributed by atoms with Crippen molar-refractivity contribution in [2.75, 3.05) is 32.7 Å². The van der Waals surface area contributed by atoms with Crippen molar-refractivity contribution in [3.05, 3.63) is 52.3 Å². The summed E-state index contributed by atoms with van der Waals surface area (Å²) in [5.41, 5.74) is 2.76. The van der Waals surface area contributed by atoms with E-state index in [0.717, 1.165) is 74.5 Å². The number of halogens is 3. The maximum Gasteiger partial charge on any atom is 0.416 e. The van der Waals surface area contributed by atoms with Gasteiger partial charge in [-0.1, -0.05) is 19.1 Å². The zero-order valence-electron chi connectivity index (χ0n) is 22.9. The van der Waals surface area contributed by atoms with Crippen molar-refractivity contribution < 1.29 is 18.0 Å². The second kappa shape index (κ2) is 10.4. The highest BCUT2D eigenvalue weighted by atomic mass is 19.4. The Labute approximate surface area is 218 Å². The predicted molar refractivity (Wildman–Crippen MR) is 138 cm³/mol. The maximum absolute atomic E-state index is 13.2. The van der Waals surface area contributed by atoms with E-state index in [0.29, 0.717) is 0 Å². The molecule has 1 aromatic carbocycles. The number of amides is 1. The number of hydrogen-bond acceptors (Lipinski definition) is 4. The first-order chi connectivity index (χ1) is 17.4. The lowest BCUT2D eigenvalue weighted by atomic mass is 9.85. The summed E-state index contributed by atoms with van der Waals surface area (Å²) in [6, 6.07) is 6.04. The van der Waals surface area contributed by atoms with Crippen molar-refractivity contribution in [3.8, 4) is 0 Å². The molecule has 1 aromatic heterocycles. The van der Waals surface area contributed by atoms with Crippen LogP contribution in [-0.2, 0) is 13.2 Å². The van der Waals surface area contributed by atoms with Crippen LogP contribution in [0.15, 0.2) is 24.3 Å².